The number of sulfonamides is 1. The minimum absolute atomic E-state index is 0.374. The molecule has 1 saturated heterocycles. The van der Waals surface area contributed by atoms with Crippen LogP contribution in [0, 0.1) is 0 Å². The first-order chi connectivity index (χ1) is 12.4. The molecule has 142 valence electrons. The molecule has 7 nitrogen and oxygen atoms in total. The van der Waals surface area contributed by atoms with Gasteiger partial charge >= 0.3 is 0 Å². The number of ether oxygens (including phenoxy) is 1. The lowest BCUT2D eigenvalue weighted by Crippen LogP contribution is -2.39. The van der Waals surface area contributed by atoms with Crippen molar-refractivity contribution in [2.75, 3.05) is 19.4 Å². The molecule has 1 atom stereocenters. The number of fused-ring (bicyclic) bond motifs is 1. The summed E-state index contributed by atoms with van der Waals surface area (Å²) in [5.74, 6) is 0.357. The van der Waals surface area contributed by atoms with Crippen LogP contribution in [0.15, 0.2) is 23.2 Å². The zero-order valence-electron chi connectivity index (χ0n) is 15.1. The number of aromatic nitrogens is 1. The van der Waals surface area contributed by atoms with Gasteiger partial charge in [0.15, 0.2) is 4.80 Å². The molecule has 1 aromatic heterocycles. The van der Waals surface area contributed by atoms with Gasteiger partial charge in [-0.15, -0.1) is 0 Å². The largest absolute Gasteiger partial charge is 0.492 e. The van der Waals surface area contributed by atoms with Crippen molar-refractivity contribution < 1.29 is 17.9 Å². The summed E-state index contributed by atoms with van der Waals surface area (Å²) in [5.41, 5.74) is 0.916. The van der Waals surface area contributed by atoms with Crippen molar-refractivity contribution in [2.45, 2.75) is 39.3 Å². The molecule has 2 heterocycles. The van der Waals surface area contributed by atoms with Gasteiger partial charge in [-0.3, -0.25) is 4.79 Å². The van der Waals surface area contributed by atoms with Gasteiger partial charge in [-0.1, -0.05) is 17.4 Å². The maximum atomic E-state index is 12.7. The first kappa shape index (κ1) is 19.1. The highest BCUT2D eigenvalue weighted by molar-refractivity contribution is 7.88. The fraction of sp³-hybridized carbons (Fsp3) is 0.529. The van der Waals surface area contributed by atoms with Crippen LogP contribution in [0.2, 0.25) is 0 Å². The van der Waals surface area contributed by atoms with E-state index < -0.39 is 22.0 Å². The second kappa shape index (κ2) is 7.50. The Morgan fingerprint density at radius 1 is 1.38 bits per heavy atom. The third-order valence-electron chi connectivity index (χ3n) is 4.40. The summed E-state index contributed by atoms with van der Waals surface area (Å²) in [7, 11) is -3.41. The molecule has 1 aromatic carbocycles. The first-order valence-corrected chi connectivity index (χ1v) is 11.3. The molecule has 0 N–H and O–H groups in total. The molecule has 1 fully saturated rings. The van der Waals surface area contributed by atoms with Crippen molar-refractivity contribution in [2.24, 2.45) is 4.99 Å². The number of thiazole rings is 1. The molecule has 3 rings (SSSR count). The molecule has 9 heteroatoms. The molecule has 26 heavy (non-hydrogen) atoms. The fourth-order valence-corrected chi connectivity index (χ4v) is 5.54. The van der Waals surface area contributed by atoms with E-state index in [1.54, 1.807) is 0 Å². The van der Waals surface area contributed by atoms with Crippen LogP contribution in [0.4, 0.5) is 0 Å². The smallest absolute Gasteiger partial charge is 0.266 e. The Morgan fingerprint density at radius 3 is 2.81 bits per heavy atom. The quantitative estimate of drug-likeness (QED) is 0.773. The van der Waals surface area contributed by atoms with E-state index >= 15 is 0 Å². The third kappa shape index (κ3) is 3.56. The first-order valence-electron chi connectivity index (χ1n) is 8.67. The molecule has 0 spiro atoms. The van der Waals surface area contributed by atoms with Gasteiger partial charge < -0.3 is 9.30 Å². The van der Waals surface area contributed by atoms with Crippen LogP contribution in [0.25, 0.3) is 10.2 Å². The second-order valence-electron chi connectivity index (χ2n) is 6.15. The van der Waals surface area contributed by atoms with Crippen molar-refractivity contribution in [1.82, 2.24) is 8.87 Å². The maximum Gasteiger partial charge on any atom is 0.266 e. The van der Waals surface area contributed by atoms with Gasteiger partial charge in [-0.2, -0.15) is 9.30 Å². The zero-order chi connectivity index (χ0) is 18.9. The number of nitrogens with zero attached hydrogens (tertiary/aromatic N) is 3. The van der Waals surface area contributed by atoms with Gasteiger partial charge in [-0.25, -0.2) is 8.42 Å². The number of benzene rings is 1. The number of para-hydroxylation sites is 1. The summed E-state index contributed by atoms with van der Waals surface area (Å²) in [5, 5.41) is 0. The SMILES string of the molecule is CCOc1cccc2sc(=NC(=O)C3CCCN3S(C)(=O)=O)n(CC)c12. The topological polar surface area (TPSA) is 81.0 Å². The number of carbonyl (C=O) groups excluding carboxylic acids is 1. The highest BCUT2D eigenvalue weighted by Gasteiger charge is 2.36. The van der Waals surface area contributed by atoms with E-state index in [2.05, 4.69) is 4.99 Å². The van der Waals surface area contributed by atoms with Crippen LogP contribution in [0.1, 0.15) is 26.7 Å². The molecule has 1 aliphatic heterocycles. The Morgan fingerprint density at radius 2 is 2.15 bits per heavy atom. The molecular weight excluding hydrogens is 374 g/mol. The van der Waals surface area contributed by atoms with E-state index in [0.717, 1.165) is 22.2 Å². The summed E-state index contributed by atoms with van der Waals surface area (Å²) in [6.07, 6.45) is 2.32. The molecule has 1 unspecified atom stereocenters. The summed E-state index contributed by atoms with van der Waals surface area (Å²) < 4.78 is 33.7. The number of amides is 1. The predicted molar refractivity (Wildman–Crippen MR) is 102 cm³/mol. The molecule has 0 radical (unpaired) electrons. The van der Waals surface area contributed by atoms with Gasteiger partial charge in [0.25, 0.3) is 5.91 Å². The Hall–Kier alpha value is -1.71. The van der Waals surface area contributed by atoms with Crippen molar-refractivity contribution in [3.63, 3.8) is 0 Å². The van der Waals surface area contributed by atoms with Crippen molar-refractivity contribution in [1.29, 1.82) is 0 Å². The van der Waals surface area contributed by atoms with Crippen molar-refractivity contribution in [3.8, 4) is 5.75 Å². The summed E-state index contributed by atoms with van der Waals surface area (Å²) in [6, 6.07) is 5.08. The lowest BCUT2D eigenvalue weighted by atomic mass is 10.2. The second-order valence-corrected chi connectivity index (χ2v) is 9.09. The Balaban J connectivity index is 2.07. The Labute approximate surface area is 157 Å². The van der Waals surface area contributed by atoms with Gasteiger partial charge in [0.05, 0.1) is 17.6 Å². The Kier molecular flexibility index (Phi) is 5.50. The van der Waals surface area contributed by atoms with Crippen LogP contribution in [0.5, 0.6) is 5.75 Å². The zero-order valence-corrected chi connectivity index (χ0v) is 16.8. The van der Waals surface area contributed by atoms with Gasteiger partial charge in [0.2, 0.25) is 10.0 Å². The number of aryl methyl sites for hydroxylation is 1. The Bertz CT molecular complexity index is 991. The lowest BCUT2D eigenvalue weighted by Gasteiger charge is -2.18. The van der Waals surface area contributed by atoms with E-state index in [-0.39, 0.29) is 0 Å². The number of carbonyl (C=O) groups is 1. The maximum absolute atomic E-state index is 12.7. The van der Waals surface area contributed by atoms with Crippen molar-refractivity contribution >= 4 is 37.5 Å². The lowest BCUT2D eigenvalue weighted by molar-refractivity contribution is -0.121. The standard InChI is InChI=1S/C17H23N3O4S2/c1-4-19-15-13(24-5-2)9-6-10-14(15)25-17(19)18-16(21)12-8-7-11-20(12)26(3,22)23/h6,9-10,12H,4-5,7-8,11H2,1-3H3. The summed E-state index contributed by atoms with van der Waals surface area (Å²) in [4.78, 5) is 17.6. The van der Waals surface area contributed by atoms with E-state index in [1.165, 1.54) is 15.6 Å². The third-order valence-corrected chi connectivity index (χ3v) is 6.73. The van der Waals surface area contributed by atoms with Gasteiger partial charge in [-0.05, 0) is 38.8 Å². The van der Waals surface area contributed by atoms with E-state index in [0.29, 0.717) is 37.3 Å². The predicted octanol–water partition coefficient (Wildman–Crippen LogP) is 1.97. The number of hydrogen-bond acceptors (Lipinski definition) is 5. The summed E-state index contributed by atoms with van der Waals surface area (Å²) in [6.45, 7) is 5.47. The number of hydrogen-bond donors (Lipinski definition) is 0. The molecule has 1 amide bonds. The molecule has 0 aliphatic carbocycles. The van der Waals surface area contributed by atoms with Crippen LogP contribution < -0.4 is 9.54 Å². The minimum atomic E-state index is -3.41. The number of rotatable bonds is 5. The van der Waals surface area contributed by atoms with Crippen LogP contribution in [-0.4, -0.2) is 48.6 Å². The van der Waals surface area contributed by atoms with Crippen LogP contribution >= 0.6 is 11.3 Å². The van der Waals surface area contributed by atoms with E-state index in [1.807, 2.05) is 36.6 Å². The molecule has 0 bridgehead atoms. The molecule has 2 aromatic rings. The average molecular weight is 398 g/mol. The van der Waals surface area contributed by atoms with Crippen LogP contribution in [-0.2, 0) is 21.4 Å². The van der Waals surface area contributed by atoms with E-state index in [9.17, 15) is 13.2 Å². The molecule has 1 aliphatic rings. The van der Waals surface area contributed by atoms with E-state index in [4.69, 9.17) is 4.74 Å². The highest BCUT2D eigenvalue weighted by Crippen LogP contribution is 2.28. The van der Waals surface area contributed by atoms with Crippen LogP contribution in [0.3, 0.4) is 0 Å². The summed E-state index contributed by atoms with van der Waals surface area (Å²) >= 11 is 1.41. The highest BCUT2D eigenvalue weighted by atomic mass is 32.2. The fourth-order valence-electron chi connectivity index (χ4n) is 3.30. The van der Waals surface area contributed by atoms with Crippen molar-refractivity contribution in [3.05, 3.63) is 23.0 Å². The van der Waals surface area contributed by atoms with Gasteiger partial charge in [0, 0.05) is 13.1 Å². The average Bonchev–Trinajstić information content (AvgIpc) is 3.19. The monoisotopic (exact) mass is 397 g/mol. The molecular formula is C17H23N3O4S2. The molecule has 0 saturated carbocycles. The minimum Gasteiger partial charge on any atom is -0.492 e. The van der Waals surface area contributed by atoms with Gasteiger partial charge in [0.1, 0.15) is 17.3 Å². The normalized spacial score (nSPS) is 19.3.